The maximum atomic E-state index is 10.4. The summed E-state index contributed by atoms with van der Waals surface area (Å²) in [4.78, 5) is 13.5. The molecule has 1 heterocycles. The molecule has 0 unspecified atom stereocenters. The number of nitrogens with zero attached hydrogens (tertiary/aromatic N) is 2. The highest BCUT2D eigenvalue weighted by Crippen LogP contribution is 2.23. The molecule has 1 aromatic rings. The van der Waals surface area contributed by atoms with E-state index in [4.69, 9.17) is 11.7 Å². The van der Waals surface area contributed by atoms with Crippen molar-refractivity contribution in [3.63, 3.8) is 0 Å². The van der Waals surface area contributed by atoms with Crippen molar-refractivity contribution in [2.24, 2.45) is 11.7 Å². The number of nitro groups is 1. The summed E-state index contributed by atoms with van der Waals surface area (Å²) in [5.41, 5.74) is 4.35. The number of hydrazine groups is 2. The Morgan fingerprint density at radius 3 is 2.62 bits per heavy atom. The molecule has 0 atom stereocenters. The summed E-state index contributed by atoms with van der Waals surface area (Å²) in [7, 11) is 0. The highest BCUT2D eigenvalue weighted by molar-refractivity contribution is 5.64. The van der Waals surface area contributed by atoms with E-state index in [1.54, 1.807) is 0 Å². The monoisotopic (exact) mass is 184 g/mol. The molecule has 0 aliphatic carbocycles. The largest absolute Gasteiger partial charge is 0.318 e. The number of hydrogen-bond donors (Lipinski definition) is 4. The minimum atomic E-state index is -0.595. The average Bonchev–Trinajstić information content (AvgIpc) is 2.16. The molecule has 13 heavy (non-hydrogen) atoms. The van der Waals surface area contributed by atoms with E-state index in [9.17, 15) is 10.1 Å². The van der Waals surface area contributed by atoms with Crippen LogP contribution in [0.25, 0.3) is 0 Å². The van der Waals surface area contributed by atoms with E-state index in [0.717, 1.165) is 6.20 Å². The third-order valence-electron chi connectivity index (χ3n) is 1.38. The number of nitrogens with one attached hydrogen (secondary N) is 2. The topological polar surface area (TPSA) is 132 Å². The highest BCUT2D eigenvalue weighted by Gasteiger charge is 2.13. The van der Waals surface area contributed by atoms with Crippen molar-refractivity contribution >= 4 is 17.2 Å². The molecule has 0 saturated heterocycles. The predicted molar refractivity (Wildman–Crippen MR) is 46.5 cm³/mol. The van der Waals surface area contributed by atoms with Crippen molar-refractivity contribution in [2.75, 3.05) is 10.9 Å². The molecule has 6 N–H and O–H groups in total. The van der Waals surface area contributed by atoms with Crippen LogP contribution in [0, 0.1) is 10.1 Å². The second-order valence-corrected chi connectivity index (χ2v) is 2.13. The molecular weight excluding hydrogens is 176 g/mol. The first-order valence-electron chi connectivity index (χ1n) is 3.26. The van der Waals surface area contributed by atoms with Crippen LogP contribution in [-0.4, -0.2) is 9.91 Å². The quantitative estimate of drug-likeness (QED) is 0.284. The van der Waals surface area contributed by atoms with E-state index < -0.39 is 4.92 Å². The lowest BCUT2D eigenvalue weighted by molar-refractivity contribution is -0.384. The van der Waals surface area contributed by atoms with E-state index in [1.807, 2.05) is 0 Å². The normalized spacial score (nSPS) is 9.38. The van der Waals surface area contributed by atoms with Gasteiger partial charge in [0.05, 0.1) is 4.92 Å². The van der Waals surface area contributed by atoms with Crippen molar-refractivity contribution in [1.29, 1.82) is 0 Å². The van der Waals surface area contributed by atoms with Gasteiger partial charge in [0.25, 0.3) is 0 Å². The number of anilines is 2. The zero-order chi connectivity index (χ0) is 9.84. The lowest BCUT2D eigenvalue weighted by Crippen LogP contribution is -2.12. The number of pyridine rings is 1. The van der Waals surface area contributed by atoms with E-state index in [2.05, 4.69) is 15.8 Å². The summed E-state index contributed by atoms with van der Waals surface area (Å²) in [5.74, 6) is 10.4. The number of nitrogen functional groups attached to an aromatic ring is 2. The van der Waals surface area contributed by atoms with Crippen LogP contribution in [0.1, 0.15) is 0 Å². The first-order valence-corrected chi connectivity index (χ1v) is 3.26. The third-order valence-corrected chi connectivity index (χ3v) is 1.38. The molecule has 0 fully saturated rings. The van der Waals surface area contributed by atoms with Crippen molar-refractivity contribution in [3.8, 4) is 0 Å². The number of aromatic nitrogens is 1. The zero-order valence-corrected chi connectivity index (χ0v) is 6.52. The summed E-state index contributed by atoms with van der Waals surface area (Å²) in [6.45, 7) is 0. The molecule has 0 radical (unpaired) electrons. The Hall–Kier alpha value is -1.93. The second-order valence-electron chi connectivity index (χ2n) is 2.13. The summed E-state index contributed by atoms with van der Waals surface area (Å²) in [5, 5.41) is 10.4. The van der Waals surface area contributed by atoms with Crippen LogP contribution in [0.3, 0.4) is 0 Å². The van der Waals surface area contributed by atoms with Gasteiger partial charge in [0.1, 0.15) is 17.7 Å². The van der Waals surface area contributed by atoms with Crippen LogP contribution in [0.2, 0.25) is 0 Å². The van der Waals surface area contributed by atoms with Crippen LogP contribution in [0.15, 0.2) is 12.3 Å². The van der Waals surface area contributed by atoms with Gasteiger partial charge in [0.2, 0.25) is 0 Å². The number of rotatable bonds is 3. The molecule has 0 aliphatic heterocycles. The Morgan fingerprint density at radius 1 is 1.46 bits per heavy atom. The van der Waals surface area contributed by atoms with Gasteiger partial charge in [-0.2, -0.15) is 0 Å². The van der Waals surface area contributed by atoms with Crippen LogP contribution < -0.4 is 22.5 Å². The zero-order valence-electron chi connectivity index (χ0n) is 6.52. The number of nitrogens with two attached hydrogens (primary N) is 2. The van der Waals surface area contributed by atoms with Gasteiger partial charge >= 0.3 is 5.69 Å². The summed E-state index contributed by atoms with van der Waals surface area (Å²) in [6, 6.07) is 1.33. The minimum absolute atomic E-state index is 0.146. The Bertz CT molecular complexity index is 327. The van der Waals surface area contributed by atoms with Gasteiger partial charge < -0.3 is 10.9 Å². The van der Waals surface area contributed by atoms with E-state index >= 15 is 0 Å². The van der Waals surface area contributed by atoms with Gasteiger partial charge in [-0.1, -0.05) is 0 Å². The standard InChI is InChI=1S/C5H8N6O2/c6-9-3-1-5(10-7)8-2-4(3)11(12)13/h1-2H,6-7H2,(H2,8,9,10). The molecule has 0 aliphatic rings. The van der Waals surface area contributed by atoms with Crippen molar-refractivity contribution in [1.82, 2.24) is 4.98 Å². The number of hydrogen-bond acceptors (Lipinski definition) is 7. The molecule has 0 bridgehead atoms. The molecule has 0 spiro atoms. The third kappa shape index (κ3) is 1.80. The molecule has 0 amide bonds. The molecule has 70 valence electrons. The van der Waals surface area contributed by atoms with Crippen molar-refractivity contribution < 1.29 is 4.92 Å². The molecule has 8 nitrogen and oxygen atoms in total. The lowest BCUT2D eigenvalue weighted by Gasteiger charge is -2.03. The summed E-state index contributed by atoms with van der Waals surface area (Å²) in [6.07, 6.45) is 1.06. The van der Waals surface area contributed by atoms with E-state index in [1.165, 1.54) is 6.07 Å². The fourth-order valence-electron chi connectivity index (χ4n) is 0.788. The van der Waals surface area contributed by atoms with Crippen molar-refractivity contribution in [2.45, 2.75) is 0 Å². The Balaban J connectivity index is 3.15. The van der Waals surface area contributed by atoms with Gasteiger partial charge in [-0.3, -0.25) is 16.0 Å². The fraction of sp³-hybridized carbons (Fsp3) is 0. The van der Waals surface area contributed by atoms with Gasteiger partial charge in [0.15, 0.2) is 0 Å². The Morgan fingerprint density at radius 2 is 2.15 bits per heavy atom. The average molecular weight is 184 g/mol. The first kappa shape index (κ1) is 9.16. The Kier molecular flexibility index (Phi) is 2.57. The SMILES string of the molecule is NNc1cc(NN)c([N+](=O)[O-])cn1. The van der Waals surface area contributed by atoms with E-state index in [-0.39, 0.29) is 11.4 Å². The van der Waals surface area contributed by atoms with Crippen LogP contribution in [-0.2, 0) is 0 Å². The lowest BCUT2D eigenvalue weighted by atomic mass is 10.3. The van der Waals surface area contributed by atoms with Gasteiger partial charge in [-0.05, 0) is 0 Å². The predicted octanol–water partition coefficient (Wildman–Crippen LogP) is -0.439. The molecule has 0 saturated carbocycles. The first-order chi connectivity index (χ1) is 6.19. The summed E-state index contributed by atoms with van der Waals surface area (Å²) < 4.78 is 0. The maximum absolute atomic E-state index is 10.4. The van der Waals surface area contributed by atoms with Crippen LogP contribution in [0.4, 0.5) is 17.2 Å². The van der Waals surface area contributed by atoms with E-state index in [0.29, 0.717) is 5.82 Å². The smallest absolute Gasteiger partial charge is 0.311 e. The van der Waals surface area contributed by atoms with Crippen LogP contribution in [0.5, 0.6) is 0 Å². The van der Waals surface area contributed by atoms with Crippen LogP contribution >= 0.6 is 0 Å². The summed E-state index contributed by atoms with van der Waals surface area (Å²) >= 11 is 0. The minimum Gasteiger partial charge on any atom is -0.318 e. The molecule has 8 heteroatoms. The van der Waals surface area contributed by atoms with Crippen molar-refractivity contribution in [3.05, 3.63) is 22.4 Å². The van der Waals surface area contributed by atoms with Gasteiger partial charge in [-0.15, -0.1) is 0 Å². The Labute approximate surface area is 73.0 Å². The molecular formula is C5H8N6O2. The van der Waals surface area contributed by atoms with Gasteiger partial charge in [0, 0.05) is 6.07 Å². The fourth-order valence-corrected chi connectivity index (χ4v) is 0.788. The highest BCUT2D eigenvalue weighted by atomic mass is 16.6. The molecule has 1 aromatic heterocycles. The van der Waals surface area contributed by atoms with Gasteiger partial charge in [-0.25, -0.2) is 10.8 Å². The second kappa shape index (κ2) is 3.65. The maximum Gasteiger partial charge on any atom is 0.311 e. The molecule has 0 aromatic carbocycles. The molecule has 1 rings (SSSR count).